The zero-order chi connectivity index (χ0) is 15.4. The minimum Gasteiger partial charge on any atom is -0.355 e. The van der Waals surface area contributed by atoms with Gasteiger partial charge in [-0.3, -0.25) is 4.79 Å². The Labute approximate surface area is 138 Å². The van der Waals surface area contributed by atoms with Gasteiger partial charge in [-0.2, -0.15) is 0 Å². The molecular weight excluding hydrogens is 316 g/mol. The molecule has 0 bridgehead atoms. The summed E-state index contributed by atoms with van der Waals surface area (Å²) in [6.07, 6.45) is 1.05. The van der Waals surface area contributed by atoms with Crippen LogP contribution in [0.15, 0.2) is 48.5 Å². The van der Waals surface area contributed by atoms with Gasteiger partial charge >= 0.3 is 0 Å². The lowest BCUT2D eigenvalue weighted by Gasteiger charge is -2.05. The van der Waals surface area contributed by atoms with Crippen molar-refractivity contribution in [1.82, 2.24) is 10.3 Å². The van der Waals surface area contributed by atoms with Crippen LogP contribution >= 0.6 is 22.9 Å². The number of thiazole rings is 1. The van der Waals surface area contributed by atoms with Crippen LogP contribution in [0.5, 0.6) is 0 Å². The maximum Gasteiger partial charge on any atom is 0.224 e. The molecule has 3 nitrogen and oxygen atoms in total. The van der Waals surface area contributed by atoms with Crippen LogP contribution in [0.2, 0.25) is 5.02 Å². The molecule has 112 valence electrons. The highest BCUT2D eigenvalue weighted by Crippen LogP contribution is 2.21. The van der Waals surface area contributed by atoms with E-state index in [1.807, 2.05) is 36.4 Å². The van der Waals surface area contributed by atoms with Crippen molar-refractivity contribution >= 4 is 39.1 Å². The van der Waals surface area contributed by atoms with E-state index in [2.05, 4.69) is 16.4 Å². The third-order valence-corrected chi connectivity index (χ3v) is 4.77. The average Bonchev–Trinajstić information content (AvgIpc) is 2.92. The maximum absolute atomic E-state index is 11.9. The smallest absolute Gasteiger partial charge is 0.224 e. The highest BCUT2D eigenvalue weighted by molar-refractivity contribution is 7.18. The number of para-hydroxylation sites is 1. The predicted octanol–water partition coefficient (Wildman–Crippen LogP) is 3.85. The number of nitrogens with zero attached hydrogens (tertiary/aromatic N) is 1. The standard InChI is InChI=1S/C17H15ClN2OS/c18-13-6-2-1-5-12(13)11-16(21)19-10-9-17-20-14-7-3-4-8-15(14)22-17/h1-8H,9-11H2,(H,19,21). The monoisotopic (exact) mass is 330 g/mol. The van der Waals surface area contributed by atoms with E-state index in [-0.39, 0.29) is 5.91 Å². The van der Waals surface area contributed by atoms with Crippen LogP contribution in [-0.2, 0) is 17.6 Å². The molecule has 1 amide bonds. The topological polar surface area (TPSA) is 42.0 Å². The maximum atomic E-state index is 11.9. The van der Waals surface area contributed by atoms with E-state index in [0.717, 1.165) is 22.5 Å². The Hall–Kier alpha value is -1.91. The Morgan fingerprint density at radius 1 is 1.14 bits per heavy atom. The van der Waals surface area contributed by atoms with Gasteiger partial charge in [0.25, 0.3) is 0 Å². The van der Waals surface area contributed by atoms with Gasteiger partial charge in [0.1, 0.15) is 0 Å². The zero-order valence-corrected chi connectivity index (χ0v) is 13.5. The van der Waals surface area contributed by atoms with Crippen LogP contribution < -0.4 is 5.32 Å². The van der Waals surface area contributed by atoms with Crippen molar-refractivity contribution in [3.8, 4) is 0 Å². The molecule has 0 atom stereocenters. The fourth-order valence-corrected chi connectivity index (χ4v) is 3.38. The lowest BCUT2D eigenvalue weighted by molar-refractivity contribution is -0.120. The van der Waals surface area contributed by atoms with Crippen molar-refractivity contribution < 1.29 is 4.79 Å². The van der Waals surface area contributed by atoms with Crippen LogP contribution in [0.4, 0.5) is 0 Å². The lowest BCUT2D eigenvalue weighted by Crippen LogP contribution is -2.27. The molecule has 2 aromatic carbocycles. The molecule has 0 aliphatic heterocycles. The largest absolute Gasteiger partial charge is 0.355 e. The minimum absolute atomic E-state index is 0.0192. The number of hydrogen-bond donors (Lipinski definition) is 1. The van der Waals surface area contributed by atoms with Gasteiger partial charge in [-0.25, -0.2) is 4.98 Å². The van der Waals surface area contributed by atoms with Crippen LogP contribution in [0.3, 0.4) is 0 Å². The second-order valence-electron chi connectivity index (χ2n) is 4.94. The minimum atomic E-state index is -0.0192. The molecule has 0 saturated carbocycles. The lowest BCUT2D eigenvalue weighted by atomic mass is 10.1. The Morgan fingerprint density at radius 3 is 2.73 bits per heavy atom. The van der Waals surface area contributed by atoms with Crippen molar-refractivity contribution in [2.75, 3.05) is 6.54 Å². The van der Waals surface area contributed by atoms with Gasteiger partial charge < -0.3 is 5.32 Å². The van der Waals surface area contributed by atoms with E-state index in [4.69, 9.17) is 11.6 Å². The Kier molecular flexibility index (Phi) is 4.71. The molecule has 0 aliphatic rings. The van der Waals surface area contributed by atoms with Gasteiger partial charge in [-0.15, -0.1) is 11.3 Å². The summed E-state index contributed by atoms with van der Waals surface area (Å²) in [6, 6.07) is 15.5. The van der Waals surface area contributed by atoms with Crippen molar-refractivity contribution in [2.45, 2.75) is 12.8 Å². The molecule has 0 spiro atoms. The molecule has 0 unspecified atom stereocenters. The molecule has 0 saturated heterocycles. The molecule has 1 N–H and O–H groups in total. The first-order chi connectivity index (χ1) is 10.7. The van der Waals surface area contributed by atoms with Crippen LogP contribution in [0, 0.1) is 0 Å². The van der Waals surface area contributed by atoms with Gasteiger partial charge in [-0.1, -0.05) is 41.9 Å². The number of halogens is 1. The summed E-state index contributed by atoms with van der Waals surface area (Å²) in [6.45, 7) is 0.586. The molecule has 3 rings (SSSR count). The molecule has 0 aliphatic carbocycles. The molecule has 0 radical (unpaired) electrons. The fourth-order valence-electron chi connectivity index (χ4n) is 2.21. The number of hydrogen-bond acceptors (Lipinski definition) is 3. The van der Waals surface area contributed by atoms with E-state index in [9.17, 15) is 4.79 Å². The Morgan fingerprint density at radius 2 is 1.91 bits per heavy atom. The quantitative estimate of drug-likeness (QED) is 0.772. The SMILES string of the molecule is O=C(Cc1ccccc1Cl)NCCc1nc2ccccc2s1. The van der Waals surface area contributed by atoms with Gasteiger partial charge in [0.05, 0.1) is 21.6 Å². The van der Waals surface area contributed by atoms with Gasteiger partial charge in [0.15, 0.2) is 0 Å². The zero-order valence-electron chi connectivity index (χ0n) is 11.9. The average molecular weight is 331 g/mol. The fraction of sp³-hybridized carbons (Fsp3) is 0.176. The third kappa shape index (κ3) is 3.64. The number of benzene rings is 2. The van der Waals surface area contributed by atoms with Gasteiger partial charge in [0.2, 0.25) is 5.91 Å². The van der Waals surface area contributed by atoms with Crippen molar-refractivity contribution in [2.24, 2.45) is 0 Å². The summed E-state index contributed by atoms with van der Waals surface area (Å²) in [7, 11) is 0. The highest BCUT2D eigenvalue weighted by Gasteiger charge is 2.07. The number of aromatic nitrogens is 1. The van der Waals surface area contributed by atoms with E-state index in [1.54, 1.807) is 17.4 Å². The predicted molar refractivity (Wildman–Crippen MR) is 91.5 cm³/mol. The van der Waals surface area contributed by atoms with Gasteiger partial charge in [-0.05, 0) is 23.8 Å². The summed E-state index contributed by atoms with van der Waals surface area (Å²) in [5, 5.41) is 4.59. The highest BCUT2D eigenvalue weighted by atomic mass is 35.5. The third-order valence-electron chi connectivity index (χ3n) is 3.31. The summed E-state index contributed by atoms with van der Waals surface area (Å²) in [4.78, 5) is 16.5. The summed E-state index contributed by atoms with van der Waals surface area (Å²) < 4.78 is 1.18. The molecular formula is C17H15ClN2OS. The summed E-state index contributed by atoms with van der Waals surface area (Å²) in [5.74, 6) is -0.0192. The first kappa shape index (κ1) is 15.0. The summed E-state index contributed by atoms with van der Waals surface area (Å²) >= 11 is 7.73. The Bertz CT molecular complexity index is 767. The number of carbonyl (C=O) groups excluding carboxylic acids is 1. The first-order valence-electron chi connectivity index (χ1n) is 7.07. The number of fused-ring (bicyclic) bond motifs is 1. The summed E-state index contributed by atoms with van der Waals surface area (Å²) in [5.41, 5.74) is 1.87. The van der Waals surface area contributed by atoms with Crippen LogP contribution in [0.1, 0.15) is 10.6 Å². The first-order valence-corrected chi connectivity index (χ1v) is 8.26. The van der Waals surface area contributed by atoms with Crippen molar-refractivity contribution in [3.05, 3.63) is 64.1 Å². The van der Waals surface area contributed by atoms with Gasteiger partial charge in [0, 0.05) is 18.0 Å². The molecule has 3 aromatic rings. The number of amides is 1. The van der Waals surface area contributed by atoms with Crippen molar-refractivity contribution in [1.29, 1.82) is 0 Å². The second-order valence-corrected chi connectivity index (χ2v) is 6.47. The molecule has 1 heterocycles. The van der Waals surface area contributed by atoms with E-state index < -0.39 is 0 Å². The van der Waals surface area contributed by atoms with Crippen molar-refractivity contribution in [3.63, 3.8) is 0 Å². The Balaban J connectivity index is 1.52. The number of rotatable bonds is 5. The van der Waals surface area contributed by atoms with Crippen LogP contribution in [0.25, 0.3) is 10.2 Å². The van der Waals surface area contributed by atoms with Crippen LogP contribution in [-0.4, -0.2) is 17.4 Å². The van der Waals surface area contributed by atoms with E-state index in [0.29, 0.717) is 18.0 Å². The number of carbonyl (C=O) groups is 1. The normalized spacial score (nSPS) is 10.8. The molecule has 1 aromatic heterocycles. The number of nitrogens with one attached hydrogen (secondary N) is 1. The molecule has 0 fully saturated rings. The molecule has 5 heteroatoms. The van der Waals surface area contributed by atoms with E-state index in [1.165, 1.54) is 4.70 Å². The second kappa shape index (κ2) is 6.90. The van der Waals surface area contributed by atoms with E-state index >= 15 is 0 Å². The molecule has 22 heavy (non-hydrogen) atoms.